The fourth-order valence-electron chi connectivity index (χ4n) is 1.80. The first-order chi connectivity index (χ1) is 9.97. The van der Waals surface area contributed by atoms with E-state index in [-0.39, 0.29) is 10.5 Å². The molecule has 122 valence electrons. The van der Waals surface area contributed by atoms with E-state index in [0.29, 0.717) is 12.2 Å². The Kier molecular flexibility index (Phi) is 5.99. The lowest BCUT2D eigenvalue weighted by atomic mass is 9.83. The van der Waals surface area contributed by atoms with Crippen LogP contribution in [0, 0.1) is 0 Å². The van der Waals surface area contributed by atoms with Gasteiger partial charge >= 0.3 is 0 Å². The Labute approximate surface area is 144 Å². The normalized spacial score (nSPS) is 15.2. The molecule has 1 aromatic carbocycles. The predicted octanol–water partition coefficient (Wildman–Crippen LogP) is 5.73. The van der Waals surface area contributed by atoms with Crippen molar-refractivity contribution < 1.29 is 9.22 Å². The topological polar surface area (TPSA) is 26.3 Å². The Balaban J connectivity index is 3.08. The Morgan fingerprint density at radius 1 is 1.27 bits per heavy atom. The Hall–Kier alpha value is -0.713. The standard InChI is InChI=1S/C18H27BrO2Si/c1-8-18(5,13-21-22(6,7)17(2,3)4)15-9-10-16(19)14(11-15)12-20/h8-12H,1,13H2,2-7H3/t18-/m0/s1. The monoisotopic (exact) mass is 382 g/mol. The van der Waals surface area contributed by atoms with Gasteiger partial charge in [0.2, 0.25) is 0 Å². The molecule has 0 aromatic heterocycles. The van der Waals surface area contributed by atoms with E-state index in [9.17, 15) is 4.79 Å². The van der Waals surface area contributed by atoms with Gasteiger partial charge in [0.25, 0.3) is 0 Å². The van der Waals surface area contributed by atoms with E-state index >= 15 is 0 Å². The van der Waals surface area contributed by atoms with Crippen molar-refractivity contribution in [3.05, 3.63) is 46.5 Å². The Bertz CT molecular complexity index is 561. The molecule has 0 saturated carbocycles. The first-order valence-electron chi connectivity index (χ1n) is 7.49. The molecule has 0 fully saturated rings. The molecular weight excluding hydrogens is 356 g/mol. The summed E-state index contributed by atoms with van der Waals surface area (Å²) in [5, 5.41) is 0.169. The first kappa shape index (κ1) is 19.3. The highest BCUT2D eigenvalue weighted by atomic mass is 79.9. The second-order valence-electron chi connectivity index (χ2n) is 7.52. The van der Waals surface area contributed by atoms with Gasteiger partial charge in [0.1, 0.15) is 0 Å². The highest BCUT2D eigenvalue weighted by molar-refractivity contribution is 9.10. The summed E-state index contributed by atoms with van der Waals surface area (Å²) in [5.74, 6) is 0. The van der Waals surface area contributed by atoms with Crippen LogP contribution < -0.4 is 0 Å². The van der Waals surface area contributed by atoms with Gasteiger partial charge in [-0.15, -0.1) is 6.58 Å². The van der Waals surface area contributed by atoms with Crippen LogP contribution in [0.1, 0.15) is 43.6 Å². The van der Waals surface area contributed by atoms with Gasteiger partial charge < -0.3 is 4.43 Å². The van der Waals surface area contributed by atoms with E-state index in [1.54, 1.807) is 0 Å². The van der Waals surface area contributed by atoms with Crippen LogP contribution in [0.5, 0.6) is 0 Å². The van der Waals surface area contributed by atoms with Gasteiger partial charge in [-0.1, -0.05) is 48.8 Å². The van der Waals surface area contributed by atoms with Crippen LogP contribution in [0.4, 0.5) is 0 Å². The molecule has 0 aliphatic heterocycles. The molecule has 1 rings (SSSR count). The number of hydrogen-bond acceptors (Lipinski definition) is 2. The third kappa shape index (κ3) is 4.18. The minimum absolute atomic E-state index is 0.169. The third-order valence-electron chi connectivity index (χ3n) is 4.77. The van der Waals surface area contributed by atoms with Crippen molar-refractivity contribution in [3.63, 3.8) is 0 Å². The maximum atomic E-state index is 11.2. The fraction of sp³-hybridized carbons (Fsp3) is 0.500. The summed E-state index contributed by atoms with van der Waals surface area (Å²) in [6.45, 7) is 17.8. The van der Waals surface area contributed by atoms with E-state index in [4.69, 9.17) is 4.43 Å². The van der Waals surface area contributed by atoms with E-state index in [1.807, 2.05) is 24.3 Å². The van der Waals surface area contributed by atoms with E-state index < -0.39 is 8.32 Å². The maximum Gasteiger partial charge on any atom is 0.192 e. The predicted molar refractivity (Wildman–Crippen MR) is 100 cm³/mol. The third-order valence-corrected chi connectivity index (χ3v) is 9.97. The minimum atomic E-state index is -1.82. The zero-order chi connectivity index (χ0) is 17.2. The van der Waals surface area contributed by atoms with Crippen molar-refractivity contribution in [2.75, 3.05) is 6.61 Å². The second-order valence-corrected chi connectivity index (χ2v) is 13.2. The van der Waals surface area contributed by atoms with Crippen molar-refractivity contribution in [1.82, 2.24) is 0 Å². The molecule has 0 unspecified atom stereocenters. The quantitative estimate of drug-likeness (QED) is 0.356. The first-order valence-corrected chi connectivity index (χ1v) is 11.2. The van der Waals surface area contributed by atoms with Crippen LogP contribution in [0.25, 0.3) is 0 Å². The molecule has 0 N–H and O–H groups in total. The highest BCUT2D eigenvalue weighted by Gasteiger charge is 2.39. The highest BCUT2D eigenvalue weighted by Crippen LogP contribution is 2.38. The summed E-state index contributed by atoms with van der Waals surface area (Å²) in [5.41, 5.74) is 1.39. The fourth-order valence-corrected chi connectivity index (χ4v) is 3.23. The van der Waals surface area contributed by atoms with Crippen molar-refractivity contribution in [1.29, 1.82) is 0 Å². The van der Waals surface area contributed by atoms with Gasteiger partial charge in [0, 0.05) is 22.1 Å². The molecule has 1 atom stereocenters. The van der Waals surface area contributed by atoms with E-state index in [2.05, 4.69) is 63.3 Å². The maximum absolute atomic E-state index is 11.2. The lowest BCUT2D eigenvalue weighted by Crippen LogP contribution is -2.44. The second kappa shape index (κ2) is 6.81. The number of hydrogen-bond donors (Lipinski definition) is 0. The molecule has 4 heteroatoms. The molecule has 1 aromatic rings. The van der Waals surface area contributed by atoms with Crippen molar-refractivity contribution in [2.45, 2.75) is 51.2 Å². The van der Waals surface area contributed by atoms with Gasteiger partial charge in [-0.2, -0.15) is 0 Å². The Morgan fingerprint density at radius 2 is 1.86 bits per heavy atom. The SMILES string of the molecule is C=C[C@@](C)(CO[Si](C)(C)C(C)(C)C)c1ccc(Br)c(C=O)c1. The molecule has 0 bridgehead atoms. The lowest BCUT2D eigenvalue weighted by molar-refractivity contribution is 0.112. The van der Waals surface area contributed by atoms with Gasteiger partial charge in [-0.05, 0) is 42.8 Å². The number of benzene rings is 1. The van der Waals surface area contributed by atoms with Crippen molar-refractivity contribution in [2.24, 2.45) is 0 Å². The molecule has 0 spiro atoms. The van der Waals surface area contributed by atoms with Gasteiger partial charge in [-0.3, -0.25) is 4.79 Å². The van der Waals surface area contributed by atoms with Crippen LogP contribution in [0.2, 0.25) is 18.1 Å². The van der Waals surface area contributed by atoms with Crippen LogP contribution in [-0.4, -0.2) is 21.2 Å². The molecule has 22 heavy (non-hydrogen) atoms. The molecule has 0 saturated heterocycles. The summed E-state index contributed by atoms with van der Waals surface area (Å²) in [6, 6.07) is 5.84. The average Bonchev–Trinajstić information content (AvgIpc) is 2.44. The van der Waals surface area contributed by atoms with Gasteiger partial charge in [-0.25, -0.2) is 0 Å². The van der Waals surface area contributed by atoms with Gasteiger partial charge in [0.15, 0.2) is 14.6 Å². The van der Waals surface area contributed by atoms with E-state index in [0.717, 1.165) is 16.3 Å². The van der Waals surface area contributed by atoms with Crippen molar-refractivity contribution in [3.8, 4) is 0 Å². The number of aldehydes is 1. The summed E-state index contributed by atoms with van der Waals surface area (Å²) < 4.78 is 7.18. The zero-order valence-electron chi connectivity index (χ0n) is 14.5. The summed E-state index contributed by atoms with van der Waals surface area (Å²) >= 11 is 3.39. The number of rotatable bonds is 6. The molecule has 0 aliphatic rings. The Morgan fingerprint density at radius 3 is 2.32 bits per heavy atom. The zero-order valence-corrected chi connectivity index (χ0v) is 17.1. The van der Waals surface area contributed by atoms with E-state index in [1.165, 1.54) is 0 Å². The molecule has 0 radical (unpaired) electrons. The number of carbonyl (C=O) groups is 1. The molecule has 0 aliphatic carbocycles. The molecule has 0 heterocycles. The molecular formula is C18H27BrO2Si. The minimum Gasteiger partial charge on any atom is -0.416 e. The van der Waals surface area contributed by atoms with Crippen LogP contribution >= 0.6 is 15.9 Å². The smallest absolute Gasteiger partial charge is 0.192 e. The molecule has 0 amide bonds. The van der Waals surface area contributed by atoms with Crippen LogP contribution in [-0.2, 0) is 9.84 Å². The summed E-state index contributed by atoms with van der Waals surface area (Å²) in [6.07, 6.45) is 2.78. The average molecular weight is 383 g/mol. The lowest BCUT2D eigenvalue weighted by Gasteiger charge is -2.39. The molecule has 2 nitrogen and oxygen atoms in total. The van der Waals surface area contributed by atoms with Crippen molar-refractivity contribution >= 4 is 30.5 Å². The summed E-state index contributed by atoms with van der Waals surface area (Å²) in [4.78, 5) is 11.2. The largest absolute Gasteiger partial charge is 0.416 e. The number of halogens is 1. The van der Waals surface area contributed by atoms with Crippen LogP contribution in [0.15, 0.2) is 35.3 Å². The van der Waals surface area contributed by atoms with Gasteiger partial charge in [0.05, 0.1) is 0 Å². The van der Waals surface area contributed by atoms with Crippen LogP contribution in [0.3, 0.4) is 0 Å². The summed E-state index contributed by atoms with van der Waals surface area (Å²) in [7, 11) is -1.82. The number of carbonyl (C=O) groups excluding carboxylic acids is 1.